The van der Waals surface area contributed by atoms with Crippen molar-refractivity contribution >= 4 is 5.97 Å². The summed E-state index contributed by atoms with van der Waals surface area (Å²) in [6.45, 7) is 0. The van der Waals surface area contributed by atoms with Crippen LogP contribution in [0, 0.1) is 5.82 Å². The van der Waals surface area contributed by atoms with Crippen LogP contribution < -0.4 is 11.1 Å². The highest BCUT2D eigenvalue weighted by Gasteiger charge is 2.23. The van der Waals surface area contributed by atoms with Crippen LogP contribution in [0.4, 0.5) is 4.39 Å². The quantitative estimate of drug-likeness (QED) is 0.701. The number of hydrogen-bond acceptors (Lipinski definition) is 3. The standard InChI is InChI=1S/C9H4FNO4/c10-4-1-2-6(5(3-4)9(14)15)11-7(12)8(11)13/h1-3H,(H,14,15). The highest BCUT2D eigenvalue weighted by Crippen LogP contribution is 2.14. The van der Waals surface area contributed by atoms with Crippen molar-refractivity contribution in [2.24, 2.45) is 0 Å². The Hall–Kier alpha value is -2.24. The fourth-order valence-corrected chi connectivity index (χ4v) is 1.23. The smallest absolute Gasteiger partial charge is 0.337 e. The average molecular weight is 209 g/mol. The molecular weight excluding hydrogens is 205 g/mol. The summed E-state index contributed by atoms with van der Waals surface area (Å²) >= 11 is 0. The van der Waals surface area contributed by atoms with Gasteiger partial charge in [0.2, 0.25) is 0 Å². The van der Waals surface area contributed by atoms with E-state index in [-0.39, 0.29) is 5.69 Å². The Morgan fingerprint density at radius 3 is 2.33 bits per heavy atom. The molecule has 1 aromatic heterocycles. The highest BCUT2D eigenvalue weighted by atomic mass is 19.1. The number of aromatic carboxylic acids is 1. The molecule has 15 heavy (non-hydrogen) atoms. The van der Waals surface area contributed by atoms with E-state index in [1.165, 1.54) is 0 Å². The zero-order valence-corrected chi connectivity index (χ0v) is 7.23. The van der Waals surface area contributed by atoms with E-state index in [9.17, 15) is 18.8 Å². The first-order valence-corrected chi connectivity index (χ1v) is 3.93. The van der Waals surface area contributed by atoms with E-state index < -0.39 is 28.5 Å². The van der Waals surface area contributed by atoms with Gasteiger partial charge < -0.3 is 5.11 Å². The maximum Gasteiger partial charge on any atom is 0.337 e. The van der Waals surface area contributed by atoms with Crippen LogP contribution in [0.5, 0.6) is 0 Å². The maximum atomic E-state index is 12.7. The first kappa shape index (κ1) is 9.32. The van der Waals surface area contributed by atoms with Crippen molar-refractivity contribution in [3.8, 4) is 5.69 Å². The number of carboxylic acid groups (broad SMARTS) is 1. The van der Waals surface area contributed by atoms with Gasteiger partial charge in [-0.25, -0.2) is 13.8 Å². The Bertz CT molecular complexity index is 596. The molecule has 0 amide bonds. The molecule has 76 valence electrons. The van der Waals surface area contributed by atoms with Crippen molar-refractivity contribution in [3.05, 3.63) is 50.3 Å². The van der Waals surface area contributed by atoms with Crippen LogP contribution in [-0.2, 0) is 0 Å². The topological polar surface area (TPSA) is 76.4 Å². The van der Waals surface area contributed by atoms with Crippen molar-refractivity contribution in [1.29, 1.82) is 0 Å². The van der Waals surface area contributed by atoms with Crippen molar-refractivity contribution in [2.75, 3.05) is 0 Å². The normalized spacial score (nSPS) is 10.7. The van der Waals surface area contributed by atoms with E-state index in [0.717, 1.165) is 18.2 Å². The van der Waals surface area contributed by atoms with Gasteiger partial charge in [0, 0.05) is 0 Å². The van der Waals surface area contributed by atoms with Crippen LogP contribution in [0.2, 0.25) is 0 Å². The molecule has 0 aliphatic heterocycles. The van der Waals surface area contributed by atoms with Crippen LogP contribution in [0.25, 0.3) is 5.69 Å². The van der Waals surface area contributed by atoms with E-state index in [2.05, 4.69) is 0 Å². The van der Waals surface area contributed by atoms with Gasteiger partial charge in [0.25, 0.3) is 0 Å². The van der Waals surface area contributed by atoms with Gasteiger partial charge in [-0.05, 0) is 18.2 Å². The third-order valence-corrected chi connectivity index (χ3v) is 1.97. The second kappa shape index (κ2) is 2.88. The summed E-state index contributed by atoms with van der Waals surface area (Å²) in [5.41, 5.74) is -2.08. The number of carbonyl (C=O) groups is 1. The number of nitrogens with zero attached hydrogens (tertiary/aromatic N) is 1. The Labute approximate surface area is 81.7 Å². The van der Waals surface area contributed by atoms with E-state index in [4.69, 9.17) is 5.11 Å². The molecule has 1 aromatic carbocycles. The molecule has 0 atom stereocenters. The number of hydrogen-bond donors (Lipinski definition) is 1. The lowest BCUT2D eigenvalue weighted by molar-refractivity contribution is 0.0696. The molecule has 0 spiro atoms. The van der Waals surface area contributed by atoms with Gasteiger partial charge in [-0.1, -0.05) is 0 Å². The molecule has 1 heterocycles. The van der Waals surface area contributed by atoms with E-state index >= 15 is 0 Å². The Morgan fingerprint density at radius 2 is 1.87 bits per heavy atom. The first-order chi connectivity index (χ1) is 7.02. The molecule has 1 N–H and O–H groups in total. The van der Waals surface area contributed by atoms with Gasteiger partial charge in [0.1, 0.15) is 5.82 Å². The summed E-state index contributed by atoms with van der Waals surface area (Å²) in [6.07, 6.45) is 0. The summed E-state index contributed by atoms with van der Waals surface area (Å²) in [5.74, 6) is -2.13. The fourth-order valence-electron chi connectivity index (χ4n) is 1.23. The zero-order chi connectivity index (χ0) is 11.2. The minimum Gasteiger partial charge on any atom is -0.478 e. The fraction of sp³-hybridized carbons (Fsp3) is 0. The minimum atomic E-state index is -1.39. The molecule has 0 aliphatic carbocycles. The molecule has 0 unspecified atom stereocenters. The number of carboxylic acids is 1. The summed E-state index contributed by atoms with van der Waals surface area (Å²) < 4.78 is 13.4. The summed E-state index contributed by atoms with van der Waals surface area (Å²) in [6, 6.07) is 2.83. The lowest BCUT2D eigenvalue weighted by Gasteiger charge is -2.00. The summed E-state index contributed by atoms with van der Waals surface area (Å²) in [5, 5.41) is 8.72. The molecule has 6 heteroatoms. The van der Waals surface area contributed by atoms with E-state index in [1.54, 1.807) is 0 Å². The van der Waals surface area contributed by atoms with Gasteiger partial charge in [0.15, 0.2) is 0 Å². The van der Waals surface area contributed by atoms with Gasteiger partial charge in [-0.3, -0.25) is 9.59 Å². The summed E-state index contributed by atoms with van der Waals surface area (Å²) in [4.78, 5) is 32.2. The van der Waals surface area contributed by atoms with Crippen molar-refractivity contribution in [3.63, 3.8) is 0 Å². The monoisotopic (exact) mass is 209 g/mol. The molecule has 0 radical (unpaired) electrons. The van der Waals surface area contributed by atoms with E-state index in [1.807, 2.05) is 0 Å². The largest absolute Gasteiger partial charge is 0.478 e. The zero-order valence-electron chi connectivity index (χ0n) is 7.23. The van der Waals surface area contributed by atoms with Crippen LogP contribution in [-0.4, -0.2) is 15.6 Å². The minimum absolute atomic E-state index is 0.0982. The second-order valence-corrected chi connectivity index (χ2v) is 2.91. The third kappa shape index (κ3) is 1.35. The predicted molar refractivity (Wildman–Crippen MR) is 47.6 cm³/mol. The van der Waals surface area contributed by atoms with E-state index in [0.29, 0.717) is 4.57 Å². The predicted octanol–water partition coefficient (Wildman–Crippen LogP) is -0.0894. The summed E-state index contributed by atoms with van der Waals surface area (Å²) in [7, 11) is 0. The number of halogens is 1. The van der Waals surface area contributed by atoms with Crippen LogP contribution in [0.1, 0.15) is 10.4 Å². The number of aromatic nitrogens is 1. The number of rotatable bonds is 2. The molecule has 0 saturated heterocycles. The van der Waals surface area contributed by atoms with Crippen molar-refractivity contribution in [2.45, 2.75) is 0 Å². The van der Waals surface area contributed by atoms with Gasteiger partial charge in [-0.15, -0.1) is 0 Å². The number of benzene rings is 1. The van der Waals surface area contributed by atoms with Crippen LogP contribution in [0.3, 0.4) is 0 Å². The van der Waals surface area contributed by atoms with Crippen LogP contribution >= 0.6 is 0 Å². The molecule has 2 aromatic rings. The molecule has 0 aliphatic rings. The molecule has 0 fully saturated rings. The third-order valence-electron chi connectivity index (χ3n) is 1.97. The van der Waals surface area contributed by atoms with Gasteiger partial charge in [0.05, 0.1) is 11.3 Å². The molecule has 2 rings (SSSR count). The average Bonchev–Trinajstić information content (AvgIpc) is 2.75. The van der Waals surface area contributed by atoms with Crippen molar-refractivity contribution in [1.82, 2.24) is 4.57 Å². The maximum absolute atomic E-state index is 12.7. The molecule has 0 bridgehead atoms. The Balaban J connectivity index is 2.67. The van der Waals surface area contributed by atoms with Crippen LogP contribution in [0.15, 0.2) is 27.8 Å². The lowest BCUT2D eigenvalue weighted by Crippen LogP contribution is -2.05. The van der Waals surface area contributed by atoms with Gasteiger partial charge >= 0.3 is 17.1 Å². The molecular formula is C9H4FNO4. The van der Waals surface area contributed by atoms with Gasteiger partial charge in [-0.2, -0.15) is 0 Å². The lowest BCUT2D eigenvalue weighted by atomic mass is 10.2. The second-order valence-electron chi connectivity index (χ2n) is 2.91. The first-order valence-electron chi connectivity index (χ1n) is 3.93. The molecule has 5 nitrogen and oxygen atoms in total. The van der Waals surface area contributed by atoms with Crippen molar-refractivity contribution < 1.29 is 14.3 Å². The Kier molecular flexibility index (Phi) is 1.79. The highest BCUT2D eigenvalue weighted by molar-refractivity contribution is 5.92. The molecule has 0 saturated carbocycles. The SMILES string of the molecule is O=C(O)c1cc(F)ccc1-n1c(=O)c1=O. The Morgan fingerprint density at radius 1 is 1.27 bits per heavy atom.